The smallest absolute Gasteiger partial charge is 0.416 e. The minimum Gasteiger partial charge on any atom is -0.480 e. The van der Waals surface area contributed by atoms with Crippen molar-refractivity contribution in [1.82, 2.24) is 39.0 Å². The maximum atomic E-state index is 14.7. The van der Waals surface area contributed by atoms with Crippen LogP contribution < -0.4 is 4.74 Å². The first-order valence-corrected chi connectivity index (χ1v) is 18.0. The van der Waals surface area contributed by atoms with Crippen LogP contribution in [0.3, 0.4) is 0 Å². The number of carbonyl (C=O) groups excluding carboxylic acids is 2. The Morgan fingerprint density at radius 1 is 0.696 bits per heavy atom. The number of rotatable bonds is 6. The second-order valence-electron chi connectivity index (χ2n) is 14.0. The first-order chi connectivity index (χ1) is 26.8. The zero-order chi connectivity index (χ0) is 39.4. The molecule has 11 nitrogen and oxygen atoms in total. The largest absolute Gasteiger partial charge is 0.480 e. The molecular weight excluding hydrogens is 742 g/mol. The minimum atomic E-state index is -4.69. The van der Waals surface area contributed by atoms with E-state index in [1.165, 1.54) is 63.9 Å². The average molecular weight is 777 g/mol. The Morgan fingerprint density at radius 2 is 1.29 bits per heavy atom. The highest BCUT2D eigenvalue weighted by atomic mass is 19.4. The van der Waals surface area contributed by atoms with Crippen molar-refractivity contribution in [2.75, 3.05) is 33.3 Å². The van der Waals surface area contributed by atoms with Crippen LogP contribution in [0.15, 0.2) is 79.3 Å². The number of piperidine rings is 2. The number of carbonyl (C=O) groups is 2. The van der Waals surface area contributed by atoms with Crippen LogP contribution in [0, 0.1) is 0 Å². The van der Waals surface area contributed by atoms with Crippen molar-refractivity contribution in [3.05, 3.63) is 113 Å². The maximum Gasteiger partial charge on any atom is 0.416 e. The van der Waals surface area contributed by atoms with Gasteiger partial charge in [0.1, 0.15) is 11.4 Å². The SMILES string of the molecule is COc1ccc2nc(C(=O)N3CCC(c4ccc(-c5ccnn6cc(C(=O)N7CCC(c8ccccc8C(F)(F)F)CC7)nc56)cc4C(F)(F)F)CC3)cn2n1. The number of hydrogen-bond donors (Lipinski definition) is 0. The summed E-state index contributed by atoms with van der Waals surface area (Å²) in [7, 11) is 1.47. The summed E-state index contributed by atoms with van der Waals surface area (Å²) in [5.41, 5.74) is 0.247. The lowest BCUT2D eigenvalue weighted by molar-refractivity contribution is -0.139. The molecule has 2 aliphatic rings. The Kier molecular flexibility index (Phi) is 9.40. The number of likely N-dealkylation sites (tertiary alicyclic amines) is 2. The fraction of sp³-hybridized carbons (Fsp3) is 0.333. The van der Waals surface area contributed by atoms with Gasteiger partial charge in [-0.15, -0.1) is 5.10 Å². The van der Waals surface area contributed by atoms with E-state index in [4.69, 9.17) is 4.74 Å². The molecule has 2 amide bonds. The van der Waals surface area contributed by atoms with E-state index < -0.39 is 35.3 Å². The van der Waals surface area contributed by atoms with Crippen LogP contribution in [-0.4, -0.2) is 84.1 Å². The number of amides is 2. The summed E-state index contributed by atoms with van der Waals surface area (Å²) in [6.45, 7) is 0.894. The lowest BCUT2D eigenvalue weighted by Gasteiger charge is -2.33. The molecule has 6 heterocycles. The highest BCUT2D eigenvalue weighted by Gasteiger charge is 2.38. The molecule has 8 rings (SSSR count). The first kappa shape index (κ1) is 36.9. The van der Waals surface area contributed by atoms with Gasteiger partial charge in [-0.1, -0.05) is 30.3 Å². The number of halogens is 6. The van der Waals surface area contributed by atoms with E-state index in [0.29, 0.717) is 42.8 Å². The molecule has 2 aliphatic heterocycles. The molecule has 4 aromatic heterocycles. The summed E-state index contributed by atoms with van der Waals surface area (Å²) in [6.07, 6.45) is -3.59. The predicted octanol–water partition coefficient (Wildman–Crippen LogP) is 7.52. The normalized spacial score (nSPS) is 16.2. The van der Waals surface area contributed by atoms with Crippen LogP contribution in [0.1, 0.15) is 80.7 Å². The molecule has 2 saturated heterocycles. The van der Waals surface area contributed by atoms with Gasteiger partial charge in [0.05, 0.1) is 30.6 Å². The lowest BCUT2D eigenvalue weighted by Crippen LogP contribution is -2.38. The quantitative estimate of drug-likeness (QED) is 0.161. The number of fused-ring (bicyclic) bond motifs is 2. The minimum absolute atomic E-state index is 0.0210. The molecule has 0 bridgehead atoms. The summed E-state index contributed by atoms with van der Waals surface area (Å²) in [6, 6.07) is 14.4. The Balaban J connectivity index is 0.982. The Bertz CT molecular complexity index is 2440. The van der Waals surface area contributed by atoms with Crippen molar-refractivity contribution in [3.8, 4) is 17.0 Å². The van der Waals surface area contributed by atoms with E-state index >= 15 is 0 Å². The number of hydrogen-bond acceptors (Lipinski definition) is 7. The van der Waals surface area contributed by atoms with E-state index in [2.05, 4.69) is 20.2 Å². The molecule has 0 unspecified atom stereocenters. The van der Waals surface area contributed by atoms with Crippen LogP contribution >= 0.6 is 0 Å². The van der Waals surface area contributed by atoms with Crippen molar-refractivity contribution in [3.63, 3.8) is 0 Å². The van der Waals surface area contributed by atoms with Crippen LogP contribution in [0.2, 0.25) is 0 Å². The summed E-state index contributed by atoms with van der Waals surface area (Å²) in [5.74, 6) is -1.27. The van der Waals surface area contributed by atoms with Gasteiger partial charge in [0.15, 0.2) is 11.3 Å². The molecule has 0 N–H and O–H groups in total. The van der Waals surface area contributed by atoms with Crippen LogP contribution in [-0.2, 0) is 12.4 Å². The molecule has 0 aliphatic carbocycles. The third-order valence-electron chi connectivity index (χ3n) is 10.7. The topological polar surface area (TPSA) is 110 Å². The summed E-state index contributed by atoms with van der Waals surface area (Å²) < 4.78 is 92.9. The molecule has 0 saturated carbocycles. The van der Waals surface area contributed by atoms with Crippen LogP contribution in [0.5, 0.6) is 5.88 Å². The Morgan fingerprint density at radius 3 is 1.91 bits per heavy atom. The van der Waals surface area contributed by atoms with Gasteiger partial charge >= 0.3 is 12.4 Å². The number of methoxy groups -OCH3 is 1. The first-order valence-electron chi connectivity index (χ1n) is 18.0. The Hall–Kier alpha value is -6.00. The lowest BCUT2D eigenvalue weighted by atomic mass is 9.85. The molecular formula is C39H34F6N8O3. The molecule has 6 aromatic rings. The zero-order valence-corrected chi connectivity index (χ0v) is 29.9. The summed E-state index contributed by atoms with van der Waals surface area (Å²) in [4.78, 5) is 38.8. The number of ether oxygens (including phenoxy) is 1. The second kappa shape index (κ2) is 14.3. The van der Waals surface area contributed by atoms with E-state index in [-0.39, 0.29) is 71.7 Å². The molecule has 290 valence electrons. The highest BCUT2D eigenvalue weighted by molar-refractivity contribution is 5.94. The van der Waals surface area contributed by atoms with E-state index in [9.17, 15) is 35.9 Å². The molecule has 56 heavy (non-hydrogen) atoms. The standard InChI is InChI=1S/C39H34F6N8O3/c1-56-34-9-8-33-47-31(21-52(33)49-34)36(54)50-18-13-24(14-19-50)27-7-6-25(20-30(27)39(43,44)45)28-10-15-46-53-22-32(48-35(28)53)37(55)51-16-11-23(12-17-51)26-4-2-3-5-29(26)38(40,41)42/h2-10,15,20-24H,11-14,16-19H2,1H3. The van der Waals surface area contributed by atoms with Gasteiger partial charge in [0, 0.05) is 44.0 Å². The zero-order valence-electron chi connectivity index (χ0n) is 29.9. The van der Waals surface area contributed by atoms with Crippen molar-refractivity contribution in [2.45, 2.75) is 49.9 Å². The number of imidazole rings is 2. The van der Waals surface area contributed by atoms with Crippen molar-refractivity contribution >= 4 is 23.1 Å². The molecule has 2 aromatic carbocycles. The van der Waals surface area contributed by atoms with Crippen LogP contribution in [0.4, 0.5) is 26.3 Å². The summed E-state index contributed by atoms with van der Waals surface area (Å²) >= 11 is 0. The number of aromatic nitrogens is 6. The number of alkyl halides is 6. The predicted molar refractivity (Wildman–Crippen MR) is 190 cm³/mol. The van der Waals surface area contributed by atoms with Gasteiger partial charge in [-0.25, -0.2) is 19.0 Å². The van der Waals surface area contributed by atoms with E-state index in [1.807, 2.05) is 0 Å². The van der Waals surface area contributed by atoms with Crippen molar-refractivity contribution in [1.29, 1.82) is 0 Å². The number of benzene rings is 2. The van der Waals surface area contributed by atoms with Gasteiger partial charge in [-0.05, 0) is 78.5 Å². The molecule has 17 heteroatoms. The van der Waals surface area contributed by atoms with Crippen LogP contribution in [0.25, 0.3) is 22.4 Å². The number of nitrogens with zero attached hydrogens (tertiary/aromatic N) is 8. The summed E-state index contributed by atoms with van der Waals surface area (Å²) in [5, 5.41) is 8.45. The second-order valence-corrected chi connectivity index (χ2v) is 14.0. The fourth-order valence-corrected chi connectivity index (χ4v) is 7.85. The van der Waals surface area contributed by atoms with E-state index in [1.54, 1.807) is 29.2 Å². The van der Waals surface area contributed by atoms with Gasteiger partial charge in [0.2, 0.25) is 5.88 Å². The Labute approximate surface area is 315 Å². The fourth-order valence-electron chi connectivity index (χ4n) is 7.85. The van der Waals surface area contributed by atoms with Gasteiger partial charge in [-0.3, -0.25) is 9.59 Å². The third-order valence-corrected chi connectivity index (χ3v) is 10.7. The molecule has 2 fully saturated rings. The van der Waals surface area contributed by atoms with Crippen molar-refractivity contribution in [2.24, 2.45) is 0 Å². The molecule has 0 radical (unpaired) electrons. The van der Waals surface area contributed by atoms with Crippen molar-refractivity contribution < 1.29 is 40.7 Å². The molecule has 0 atom stereocenters. The van der Waals surface area contributed by atoms with Gasteiger partial charge < -0.3 is 14.5 Å². The third kappa shape index (κ3) is 7.01. The highest BCUT2D eigenvalue weighted by Crippen LogP contribution is 2.42. The van der Waals surface area contributed by atoms with Gasteiger partial charge in [0.25, 0.3) is 11.8 Å². The average Bonchev–Trinajstić information content (AvgIpc) is 3.84. The monoisotopic (exact) mass is 776 g/mol. The molecule has 0 spiro atoms. The van der Waals surface area contributed by atoms with Gasteiger partial charge in [-0.2, -0.15) is 31.4 Å². The van der Waals surface area contributed by atoms with E-state index in [0.717, 1.165) is 12.1 Å². The maximum absolute atomic E-state index is 14.7.